The maximum Gasteiger partial charge on any atom is 0.165 e. The molecule has 0 fully saturated rings. The van der Waals surface area contributed by atoms with Crippen LogP contribution >= 0.6 is 15.9 Å². The van der Waals surface area contributed by atoms with E-state index in [9.17, 15) is 4.39 Å². The van der Waals surface area contributed by atoms with Gasteiger partial charge in [-0.1, -0.05) is 41.9 Å². The molecule has 0 radical (unpaired) electrons. The summed E-state index contributed by atoms with van der Waals surface area (Å²) in [5.74, 6) is 1.12. The molecule has 0 amide bonds. The van der Waals surface area contributed by atoms with Crippen LogP contribution in [-0.4, -0.2) is 6.54 Å². The first-order chi connectivity index (χ1) is 10.1. The Hall–Kier alpha value is -1.39. The maximum atomic E-state index is 13.7. The molecule has 2 rings (SSSR count). The number of rotatable bonds is 6. The van der Waals surface area contributed by atoms with Crippen molar-refractivity contribution in [2.24, 2.45) is 5.92 Å². The average molecular weight is 352 g/mol. The van der Waals surface area contributed by atoms with Gasteiger partial charge in [-0.3, -0.25) is 0 Å². The smallest absolute Gasteiger partial charge is 0.165 e. The first-order valence-corrected chi connectivity index (χ1v) is 7.77. The van der Waals surface area contributed by atoms with Crippen molar-refractivity contribution in [3.8, 4) is 11.5 Å². The monoisotopic (exact) mass is 351 g/mol. The van der Waals surface area contributed by atoms with E-state index in [1.165, 1.54) is 6.07 Å². The van der Waals surface area contributed by atoms with E-state index in [2.05, 4.69) is 35.1 Å². The predicted molar refractivity (Wildman–Crippen MR) is 87.2 cm³/mol. The van der Waals surface area contributed by atoms with E-state index in [4.69, 9.17) is 4.74 Å². The minimum atomic E-state index is -0.360. The predicted octanol–water partition coefficient (Wildman–Crippen LogP) is 5.13. The second kappa shape index (κ2) is 7.57. The number of halogens is 2. The summed E-state index contributed by atoms with van der Waals surface area (Å²) in [5.41, 5.74) is 0.994. The molecule has 0 heterocycles. The van der Waals surface area contributed by atoms with Crippen molar-refractivity contribution in [2.75, 3.05) is 6.54 Å². The molecule has 0 saturated carbocycles. The Morgan fingerprint density at radius 2 is 1.90 bits per heavy atom. The third-order valence-corrected chi connectivity index (χ3v) is 3.44. The van der Waals surface area contributed by atoms with Crippen molar-refractivity contribution >= 4 is 15.9 Å². The molecule has 0 unspecified atom stereocenters. The van der Waals surface area contributed by atoms with Crippen molar-refractivity contribution in [1.29, 1.82) is 0 Å². The molecule has 0 atom stereocenters. The van der Waals surface area contributed by atoms with E-state index in [0.29, 0.717) is 18.2 Å². The van der Waals surface area contributed by atoms with Crippen LogP contribution < -0.4 is 10.1 Å². The number of benzene rings is 2. The van der Waals surface area contributed by atoms with E-state index in [1.807, 2.05) is 18.2 Å². The highest BCUT2D eigenvalue weighted by atomic mass is 79.9. The molecule has 2 aromatic rings. The van der Waals surface area contributed by atoms with Gasteiger partial charge in [-0.15, -0.1) is 0 Å². The van der Waals surface area contributed by atoms with Crippen LogP contribution in [0.1, 0.15) is 19.4 Å². The maximum absolute atomic E-state index is 13.7. The van der Waals surface area contributed by atoms with Crippen LogP contribution in [0.2, 0.25) is 0 Å². The summed E-state index contributed by atoms with van der Waals surface area (Å²) in [6.45, 7) is 5.92. The highest BCUT2D eigenvalue weighted by Gasteiger charge is 2.09. The Labute approximate surface area is 133 Å². The first kappa shape index (κ1) is 16.0. The summed E-state index contributed by atoms with van der Waals surface area (Å²) in [5, 5.41) is 3.37. The molecule has 4 heteroatoms. The summed E-state index contributed by atoms with van der Waals surface area (Å²) in [6.07, 6.45) is 0. The van der Waals surface area contributed by atoms with Gasteiger partial charge in [-0.05, 0) is 42.8 Å². The second-order valence-corrected chi connectivity index (χ2v) is 6.22. The number of hydrogen-bond donors (Lipinski definition) is 1. The summed E-state index contributed by atoms with van der Waals surface area (Å²) in [4.78, 5) is 0. The molecule has 21 heavy (non-hydrogen) atoms. The molecule has 0 aliphatic carbocycles. The number of nitrogens with one attached hydrogen (secondary N) is 1. The van der Waals surface area contributed by atoms with Gasteiger partial charge in [0.1, 0.15) is 5.75 Å². The fourth-order valence-corrected chi connectivity index (χ4v) is 2.34. The molecule has 112 valence electrons. The van der Waals surface area contributed by atoms with Crippen LogP contribution in [0.5, 0.6) is 11.5 Å². The van der Waals surface area contributed by atoms with Crippen LogP contribution in [0.3, 0.4) is 0 Å². The third-order valence-electron chi connectivity index (χ3n) is 2.95. The van der Waals surface area contributed by atoms with Gasteiger partial charge in [0, 0.05) is 16.6 Å². The van der Waals surface area contributed by atoms with Gasteiger partial charge in [0.2, 0.25) is 0 Å². The number of para-hydroxylation sites is 1. The van der Waals surface area contributed by atoms with E-state index in [0.717, 1.165) is 16.6 Å². The summed E-state index contributed by atoms with van der Waals surface area (Å²) < 4.78 is 20.4. The number of hydrogen-bond acceptors (Lipinski definition) is 2. The van der Waals surface area contributed by atoms with E-state index >= 15 is 0 Å². The summed E-state index contributed by atoms with van der Waals surface area (Å²) in [7, 11) is 0. The van der Waals surface area contributed by atoms with Gasteiger partial charge < -0.3 is 10.1 Å². The molecule has 0 aromatic heterocycles. The highest BCUT2D eigenvalue weighted by Crippen LogP contribution is 2.29. The Balaban J connectivity index is 2.16. The first-order valence-electron chi connectivity index (χ1n) is 6.98. The minimum Gasteiger partial charge on any atom is -0.454 e. The van der Waals surface area contributed by atoms with E-state index in [-0.39, 0.29) is 11.6 Å². The van der Waals surface area contributed by atoms with Crippen molar-refractivity contribution < 1.29 is 9.13 Å². The van der Waals surface area contributed by atoms with Crippen LogP contribution in [0.15, 0.2) is 46.9 Å². The molecule has 0 bridgehead atoms. The van der Waals surface area contributed by atoms with Gasteiger partial charge in [-0.25, -0.2) is 4.39 Å². The molecule has 0 saturated heterocycles. The SMILES string of the molecule is CC(C)CNCc1cc(Br)ccc1Oc1ccccc1F. The lowest BCUT2D eigenvalue weighted by molar-refractivity contribution is 0.434. The van der Waals surface area contributed by atoms with Crippen molar-refractivity contribution in [3.05, 3.63) is 58.3 Å². The average Bonchev–Trinajstić information content (AvgIpc) is 2.43. The highest BCUT2D eigenvalue weighted by molar-refractivity contribution is 9.10. The normalized spacial score (nSPS) is 10.9. The largest absolute Gasteiger partial charge is 0.454 e. The zero-order chi connectivity index (χ0) is 15.2. The summed E-state index contributed by atoms with van der Waals surface area (Å²) >= 11 is 3.46. The zero-order valence-corrected chi connectivity index (χ0v) is 13.8. The second-order valence-electron chi connectivity index (χ2n) is 5.31. The molecular weight excluding hydrogens is 333 g/mol. The topological polar surface area (TPSA) is 21.3 Å². The van der Waals surface area contributed by atoms with Gasteiger partial charge >= 0.3 is 0 Å². The van der Waals surface area contributed by atoms with Crippen LogP contribution in [0, 0.1) is 11.7 Å². The van der Waals surface area contributed by atoms with Crippen LogP contribution in [-0.2, 0) is 6.54 Å². The van der Waals surface area contributed by atoms with E-state index in [1.54, 1.807) is 18.2 Å². The van der Waals surface area contributed by atoms with Gasteiger partial charge in [0.15, 0.2) is 11.6 Å². The van der Waals surface area contributed by atoms with Gasteiger partial charge in [0.05, 0.1) is 0 Å². The molecule has 2 aromatic carbocycles. The van der Waals surface area contributed by atoms with Gasteiger partial charge in [-0.2, -0.15) is 0 Å². The molecular formula is C17H19BrFNO. The third kappa shape index (κ3) is 4.83. The van der Waals surface area contributed by atoms with Gasteiger partial charge in [0.25, 0.3) is 0 Å². The molecule has 0 aliphatic heterocycles. The Bertz CT molecular complexity index is 601. The van der Waals surface area contributed by atoms with E-state index < -0.39 is 0 Å². The molecule has 2 nitrogen and oxygen atoms in total. The van der Waals surface area contributed by atoms with Crippen molar-refractivity contribution in [2.45, 2.75) is 20.4 Å². The summed E-state index contributed by atoms with van der Waals surface area (Å²) in [6, 6.07) is 12.2. The number of ether oxygens (including phenoxy) is 1. The van der Waals surface area contributed by atoms with Crippen molar-refractivity contribution in [1.82, 2.24) is 5.32 Å². The lowest BCUT2D eigenvalue weighted by Crippen LogP contribution is -2.19. The lowest BCUT2D eigenvalue weighted by atomic mass is 10.1. The Morgan fingerprint density at radius 1 is 1.14 bits per heavy atom. The Kier molecular flexibility index (Phi) is 5.76. The Morgan fingerprint density at radius 3 is 2.62 bits per heavy atom. The van der Waals surface area contributed by atoms with Crippen LogP contribution in [0.4, 0.5) is 4.39 Å². The molecule has 1 N–H and O–H groups in total. The zero-order valence-electron chi connectivity index (χ0n) is 12.2. The fraction of sp³-hybridized carbons (Fsp3) is 0.294. The quantitative estimate of drug-likeness (QED) is 0.779. The standard InChI is InChI=1S/C17H19BrFNO/c1-12(2)10-20-11-13-9-14(18)7-8-16(13)21-17-6-4-3-5-15(17)19/h3-9,12,20H,10-11H2,1-2H3. The lowest BCUT2D eigenvalue weighted by Gasteiger charge is -2.14. The van der Waals surface area contributed by atoms with Crippen molar-refractivity contribution in [3.63, 3.8) is 0 Å². The minimum absolute atomic E-state index is 0.241. The van der Waals surface area contributed by atoms with Crippen LogP contribution in [0.25, 0.3) is 0 Å². The molecule has 0 aliphatic rings. The fourth-order valence-electron chi connectivity index (χ4n) is 1.93. The molecule has 0 spiro atoms.